The highest BCUT2D eigenvalue weighted by atomic mass is 35.5. The zero-order chi connectivity index (χ0) is 13.5. The lowest BCUT2D eigenvalue weighted by Crippen LogP contribution is -2.51. The van der Waals surface area contributed by atoms with Crippen molar-refractivity contribution in [2.75, 3.05) is 24.5 Å². The van der Waals surface area contributed by atoms with E-state index in [1.807, 2.05) is 6.07 Å². The Morgan fingerprint density at radius 1 is 1.42 bits per heavy atom. The maximum absolute atomic E-state index is 13.6. The van der Waals surface area contributed by atoms with Gasteiger partial charge in [-0.05, 0) is 56.8 Å². The minimum absolute atomic E-state index is 0.159. The van der Waals surface area contributed by atoms with E-state index < -0.39 is 0 Å². The van der Waals surface area contributed by atoms with Gasteiger partial charge in [0.15, 0.2) is 0 Å². The predicted molar refractivity (Wildman–Crippen MR) is 77.4 cm³/mol. The number of anilines is 1. The minimum atomic E-state index is -0.329. The lowest BCUT2D eigenvalue weighted by Gasteiger charge is -2.35. The fourth-order valence-electron chi connectivity index (χ4n) is 3.07. The molecule has 1 aliphatic heterocycles. The number of hydrogen-bond donors (Lipinski definition) is 1. The fraction of sp³-hybridized carbons (Fsp3) is 0.600. The van der Waals surface area contributed by atoms with Crippen molar-refractivity contribution >= 4 is 17.3 Å². The number of nitrogens with zero attached hydrogens (tertiary/aromatic N) is 1. The molecule has 19 heavy (non-hydrogen) atoms. The van der Waals surface area contributed by atoms with Crippen molar-refractivity contribution in [2.45, 2.75) is 31.7 Å². The molecule has 104 valence electrons. The van der Waals surface area contributed by atoms with Crippen LogP contribution in [0.1, 0.15) is 26.2 Å². The molecule has 1 aliphatic carbocycles. The van der Waals surface area contributed by atoms with E-state index in [0.717, 1.165) is 37.7 Å². The summed E-state index contributed by atoms with van der Waals surface area (Å²) < 4.78 is 13.6. The molecule has 1 aromatic carbocycles. The van der Waals surface area contributed by atoms with Gasteiger partial charge in [-0.2, -0.15) is 0 Å². The molecule has 0 bridgehead atoms. The van der Waals surface area contributed by atoms with Gasteiger partial charge in [0.05, 0.1) is 5.02 Å². The Kier molecular flexibility index (Phi) is 3.44. The Balaban J connectivity index is 1.83. The zero-order valence-corrected chi connectivity index (χ0v) is 12.0. The summed E-state index contributed by atoms with van der Waals surface area (Å²) in [6.07, 6.45) is 3.71. The van der Waals surface area contributed by atoms with Crippen LogP contribution in [0, 0.1) is 11.7 Å². The lowest BCUT2D eigenvalue weighted by molar-refractivity contribution is 0.331. The molecule has 2 fully saturated rings. The van der Waals surface area contributed by atoms with E-state index in [1.54, 1.807) is 12.1 Å². The molecule has 0 radical (unpaired) electrons. The standard InChI is InChI=1S/C15H20ClFN2/c1-15(11-3-4-11)10-19(8-2-7-18-15)12-5-6-13(16)14(17)9-12/h5-6,9,11,18H,2-4,7-8,10H2,1H3. The second-order valence-electron chi connectivity index (χ2n) is 5.99. The van der Waals surface area contributed by atoms with Gasteiger partial charge in [0.25, 0.3) is 0 Å². The lowest BCUT2D eigenvalue weighted by atomic mass is 9.95. The van der Waals surface area contributed by atoms with Gasteiger partial charge < -0.3 is 10.2 Å². The first-order chi connectivity index (χ1) is 9.08. The van der Waals surface area contributed by atoms with Crippen molar-refractivity contribution < 1.29 is 4.39 Å². The van der Waals surface area contributed by atoms with Crippen molar-refractivity contribution in [2.24, 2.45) is 5.92 Å². The summed E-state index contributed by atoms with van der Waals surface area (Å²) in [6, 6.07) is 5.13. The van der Waals surface area contributed by atoms with Gasteiger partial charge in [-0.25, -0.2) is 4.39 Å². The first kappa shape index (κ1) is 13.2. The highest BCUT2D eigenvalue weighted by Crippen LogP contribution is 2.41. The predicted octanol–water partition coefficient (Wildman–Crippen LogP) is 3.45. The molecule has 3 rings (SSSR count). The molecule has 1 saturated carbocycles. The SMILES string of the molecule is CC1(C2CC2)CN(c2ccc(Cl)c(F)c2)CCCN1. The van der Waals surface area contributed by atoms with Gasteiger partial charge in [0.2, 0.25) is 0 Å². The average Bonchev–Trinajstić information content (AvgIpc) is 3.19. The van der Waals surface area contributed by atoms with Crippen LogP contribution in [-0.4, -0.2) is 25.2 Å². The molecule has 1 aromatic rings. The Morgan fingerprint density at radius 3 is 2.89 bits per heavy atom. The van der Waals surface area contributed by atoms with Crippen LogP contribution < -0.4 is 10.2 Å². The van der Waals surface area contributed by atoms with Crippen molar-refractivity contribution in [3.8, 4) is 0 Å². The van der Waals surface area contributed by atoms with E-state index in [4.69, 9.17) is 11.6 Å². The van der Waals surface area contributed by atoms with Crippen LogP contribution in [0.5, 0.6) is 0 Å². The minimum Gasteiger partial charge on any atom is -0.370 e. The first-order valence-electron chi connectivity index (χ1n) is 7.03. The third-order valence-corrected chi connectivity index (χ3v) is 4.71. The summed E-state index contributed by atoms with van der Waals surface area (Å²) in [6.45, 7) is 5.25. The molecule has 1 heterocycles. The number of benzene rings is 1. The summed E-state index contributed by atoms with van der Waals surface area (Å²) in [7, 11) is 0. The molecular weight excluding hydrogens is 263 g/mol. The molecule has 2 aliphatic rings. The smallest absolute Gasteiger partial charge is 0.143 e. The topological polar surface area (TPSA) is 15.3 Å². The molecule has 0 spiro atoms. The number of rotatable bonds is 2. The van der Waals surface area contributed by atoms with Crippen molar-refractivity contribution in [1.82, 2.24) is 5.32 Å². The van der Waals surface area contributed by atoms with Gasteiger partial charge in [0.1, 0.15) is 5.82 Å². The van der Waals surface area contributed by atoms with Gasteiger partial charge in [0, 0.05) is 24.3 Å². The van der Waals surface area contributed by atoms with Crippen LogP contribution in [0.3, 0.4) is 0 Å². The van der Waals surface area contributed by atoms with Crippen LogP contribution in [0.2, 0.25) is 5.02 Å². The molecule has 4 heteroatoms. The zero-order valence-electron chi connectivity index (χ0n) is 11.3. The molecular formula is C15H20ClFN2. The van der Waals surface area contributed by atoms with Crippen LogP contribution in [-0.2, 0) is 0 Å². The van der Waals surface area contributed by atoms with Crippen molar-refractivity contribution in [3.05, 3.63) is 29.0 Å². The van der Waals surface area contributed by atoms with Crippen LogP contribution in [0.15, 0.2) is 18.2 Å². The third kappa shape index (κ3) is 2.72. The van der Waals surface area contributed by atoms with E-state index in [1.165, 1.54) is 12.8 Å². The molecule has 0 amide bonds. The highest BCUT2D eigenvalue weighted by Gasteiger charge is 2.43. The van der Waals surface area contributed by atoms with Gasteiger partial charge in [-0.1, -0.05) is 11.6 Å². The van der Waals surface area contributed by atoms with Gasteiger partial charge >= 0.3 is 0 Å². The quantitative estimate of drug-likeness (QED) is 0.894. The summed E-state index contributed by atoms with van der Waals surface area (Å²) in [5, 5.41) is 3.88. The largest absolute Gasteiger partial charge is 0.370 e. The molecule has 0 aromatic heterocycles. The molecule has 1 unspecified atom stereocenters. The number of halogens is 2. The second-order valence-corrected chi connectivity index (χ2v) is 6.40. The van der Waals surface area contributed by atoms with Crippen LogP contribution in [0.25, 0.3) is 0 Å². The molecule has 1 saturated heterocycles. The van der Waals surface area contributed by atoms with Crippen LogP contribution >= 0.6 is 11.6 Å². The Bertz CT molecular complexity index is 475. The molecule has 1 N–H and O–H groups in total. The van der Waals surface area contributed by atoms with Crippen molar-refractivity contribution in [1.29, 1.82) is 0 Å². The fourth-order valence-corrected chi connectivity index (χ4v) is 3.19. The average molecular weight is 283 g/mol. The summed E-state index contributed by atoms with van der Waals surface area (Å²) in [5.74, 6) is 0.440. The Morgan fingerprint density at radius 2 is 2.21 bits per heavy atom. The third-order valence-electron chi connectivity index (χ3n) is 4.40. The van der Waals surface area contributed by atoms with E-state index in [-0.39, 0.29) is 16.4 Å². The number of nitrogens with one attached hydrogen (secondary N) is 1. The summed E-state index contributed by atoms with van der Waals surface area (Å²) >= 11 is 5.76. The second kappa shape index (κ2) is 4.95. The molecule has 1 atom stereocenters. The highest BCUT2D eigenvalue weighted by molar-refractivity contribution is 6.30. The van der Waals surface area contributed by atoms with Gasteiger partial charge in [-0.3, -0.25) is 0 Å². The van der Waals surface area contributed by atoms with E-state index in [0.29, 0.717) is 0 Å². The number of hydrogen-bond acceptors (Lipinski definition) is 2. The van der Waals surface area contributed by atoms with Crippen LogP contribution in [0.4, 0.5) is 10.1 Å². The maximum atomic E-state index is 13.6. The van der Waals surface area contributed by atoms with E-state index in [2.05, 4.69) is 17.1 Å². The Labute approximate surface area is 118 Å². The Hall–Kier alpha value is -0.800. The van der Waals surface area contributed by atoms with Gasteiger partial charge in [-0.15, -0.1) is 0 Å². The monoisotopic (exact) mass is 282 g/mol. The first-order valence-corrected chi connectivity index (χ1v) is 7.41. The maximum Gasteiger partial charge on any atom is 0.143 e. The molecule has 2 nitrogen and oxygen atoms in total. The summed E-state index contributed by atoms with van der Waals surface area (Å²) in [5.41, 5.74) is 1.10. The van der Waals surface area contributed by atoms with E-state index >= 15 is 0 Å². The normalized spacial score (nSPS) is 28.3. The summed E-state index contributed by atoms with van der Waals surface area (Å²) in [4.78, 5) is 2.29. The van der Waals surface area contributed by atoms with Crippen molar-refractivity contribution in [3.63, 3.8) is 0 Å². The van der Waals surface area contributed by atoms with E-state index in [9.17, 15) is 4.39 Å².